The fourth-order valence-electron chi connectivity index (χ4n) is 2.67. The van der Waals surface area contributed by atoms with Gasteiger partial charge in [-0.25, -0.2) is 0 Å². The zero-order valence-corrected chi connectivity index (χ0v) is 12.9. The van der Waals surface area contributed by atoms with Crippen LogP contribution in [0.15, 0.2) is 16.6 Å². The lowest BCUT2D eigenvalue weighted by atomic mass is 9.91. The Morgan fingerprint density at radius 2 is 1.95 bits per heavy atom. The summed E-state index contributed by atoms with van der Waals surface area (Å²) < 4.78 is 12.1. The minimum absolute atomic E-state index is 0.0600. The Morgan fingerprint density at radius 1 is 1.20 bits per heavy atom. The molecule has 0 bridgehead atoms. The van der Waals surface area contributed by atoms with Crippen LogP contribution in [0.25, 0.3) is 0 Å². The minimum Gasteiger partial charge on any atom is -0.490 e. The van der Waals surface area contributed by atoms with Crippen LogP contribution in [0.2, 0.25) is 0 Å². The molecule has 0 spiro atoms. The van der Waals surface area contributed by atoms with Crippen LogP contribution in [0.3, 0.4) is 0 Å². The van der Waals surface area contributed by atoms with Gasteiger partial charge in [0.1, 0.15) is 0 Å². The van der Waals surface area contributed by atoms with Gasteiger partial charge < -0.3 is 14.8 Å². The fourth-order valence-corrected chi connectivity index (χ4v) is 3.19. The first-order valence-electron chi connectivity index (χ1n) is 7.10. The highest BCUT2D eigenvalue weighted by molar-refractivity contribution is 9.10. The number of carbonyl (C=O) groups excluding carboxylic acids is 1. The minimum atomic E-state index is 0.0600. The Balaban J connectivity index is 1.88. The van der Waals surface area contributed by atoms with Gasteiger partial charge in [-0.1, -0.05) is 0 Å². The molecule has 2 aliphatic heterocycles. The number of benzene rings is 1. The second kappa shape index (κ2) is 6.14. The van der Waals surface area contributed by atoms with Crippen LogP contribution in [0.1, 0.15) is 29.6 Å². The van der Waals surface area contributed by atoms with Gasteiger partial charge in [-0.2, -0.15) is 0 Å². The summed E-state index contributed by atoms with van der Waals surface area (Å²) in [6.45, 7) is 3.05. The average molecular weight is 340 g/mol. The number of hydrogen-bond acceptors (Lipinski definition) is 4. The van der Waals surface area contributed by atoms with Crippen molar-refractivity contribution < 1.29 is 14.3 Å². The summed E-state index contributed by atoms with van der Waals surface area (Å²) in [6.07, 6.45) is 2.87. The predicted octanol–water partition coefficient (Wildman–Crippen LogP) is 2.79. The molecule has 2 heterocycles. The van der Waals surface area contributed by atoms with Crippen molar-refractivity contribution in [1.82, 2.24) is 5.32 Å². The third kappa shape index (κ3) is 2.83. The molecule has 0 aromatic heterocycles. The Kier molecular flexibility index (Phi) is 4.27. The van der Waals surface area contributed by atoms with Crippen molar-refractivity contribution in [2.24, 2.45) is 5.92 Å². The Labute approximate surface area is 127 Å². The molecule has 1 aromatic rings. The van der Waals surface area contributed by atoms with E-state index in [-0.39, 0.29) is 11.7 Å². The lowest BCUT2D eigenvalue weighted by Gasteiger charge is -2.22. The molecule has 4 nitrogen and oxygen atoms in total. The lowest BCUT2D eigenvalue weighted by Crippen LogP contribution is -2.34. The molecule has 108 valence electrons. The van der Waals surface area contributed by atoms with Crippen LogP contribution in [0.5, 0.6) is 11.5 Å². The summed E-state index contributed by atoms with van der Waals surface area (Å²) in [6, 6.07) is 3.67. The van der Waals surface area contributed by atoms with Gasteiger partial charge in [0.15, 0.2) is 17.3 Å². The van der Waals surface area contributed by atoms with Crippen molar-refractivity contribution in [1.29, 1.82) is 0 Å². The summed E-state index contributed by atoms with van der Waals surface area (Å²) in [5, 5.41) is 3.29. The van der Waals surface area contributed by atoms with Crippen LogP contribution in [-0.2, 0) is 0 Å². The van der Waals surface area contributed by atoms with Crippen LogP contribution in [0, 0.1) is 5.92 Å². The molecular weight excluding hydrogens is 322 g/mol. The zero-order chi connectivity index (χ0) is 13.9. The van der Waals surface area contributed by atoms with Crippen molar-refractivity contribution in [3.8, 4) is 11.5 Å². The van der Waals surface area contributed by atoms with Gasteiger partial charge >= 0.3 is 0 Å². The molecule has 20 heavy (non-hydrogen) atoms. The number of fused-ring (bicyclic) bond motifs is 1. The number of carbonyl (C=O) groups is 1. The molecule has 1 aromatic carbocycles. The molecular formula is C15H18BrNO3. The van der Waals surface area contributed by atoms with Gasteiger partial charge in [-0.05, 0) is 47.4 Å². The summed E-state index contributed by atoms with van der Waals surface area (Å²) in [7, 11) is 0. The number of ether oxygens (including phenoxy) is 2. The van der Waals surface area contributed by atoms with E-state index < -0.39 is 0 Å². The Bertz CT molecular complexity index is 512. The van der Waals surface area contributed by atoms with Gasteiger partial charge in [0, 0.05) is 28.9 Å². The van der Waals surface area contributed by atoms with Crippen molar-refractivity contribution in [2.75, 3.05) is 26.3 Å². The molecule has 2 aliphatic rings. The molecule has 3 rings (SSSR count). The normalized spacial score (nSPS) is 22.1. The molecule has 5 heteroatoms. The van der Waals surface area contributed by atoms with E-state index in [2.05, 4.69) is 21.2 Å². The van der Waals surface area contributed by atoms with E-state index in [9.17, 15) is 4.79 Å². The maximum absolute atomic E-state index is 12.6. The maximum atomic E-state index is 12.6. The van der Waals surface area contributed by atoms with Crippen LogP contribution in [0.4, 0.5) is 0 Å². The van der Waals surface area contributed by atoms with Crippen molar-refractivity contribution in [3.63, 3.8) is 0 Å². The Hall–Kier alpha value is -1.07. The van der Waals surface area contributed by atoms with Crippen LogP contribution in [-0.4, -0.2) is 32.1 Å². The topological polar surface area (TPSA) is 47.6 Å². The SMILES string of the molecule is O=C(c1cc2c(cc1Br)OCCCO2)C1CCCNC1. The number of Topliss-reactive ketones (excluding diaryl/α,β-unsaturated/α-hetero) is 1. The highest BCUT2D eigenvalue weighted by Crippen LogP contribution is 2.36. The summed E-state index contributed by atoms with van der Waals surface area (Å²) >= 11 is 3.49. The third-order valence-corrected chi connectivity index (χ3v) is 4.43. The van der Waals surface area contributed by atoms with Gasteiger partial charge in [0.05, 0.1) is 13.2 Å². The molecule has 1 N–H and O–H groups in total. The van der Waals surface area contributed by atoms with E-state index in [1.807, 2.05) is 12.1 Å². The molecule has 0 radical (unpaired) electrons. The van der Waals surface area contributed by atoms with Crippen LogP contribution < -0.4 is 14.8 Å². The molecule has 1 atom stereocenters. The molecule has 1 saturated heterocycles. The van der Waals surface area contributed by atoms with E-state index in [0.29, 0.717) is 30.3 Å². The van der Waals surface area contributed by atoms with Gasteiger partial charge in [-0.15, -0.1) is 0 Å². The number of nitrogens with one attached hydrogen (secondary N) is 1. The monoisotopic (exact) mass is 339 g/mol. The summed E-state index contributed by atoms with van der Waals surface area (Å²) in [5.74, 6) is 1.63. The third-order valence-electron chi connectivity index (χ3n) is 3.77. The van der Waals surface area contributed by atoms with Gasteiger partial charge in [0.25, 0.3) is 0 Å². The van der Waals surface area contributed by atoms with Crippen molar-refractivity contribution in [3.05, 3.63) is 22.2 Å². The average Bonchev–Trinajstić information content (AvgIpc) is 2.71. The first-order valence-corrected chi connectivity index (χ1v) is 7.89. The summed E-state index contributed by atoms with van der Waals surface area (Å²) in [5.41, 5.74) is 0.697. The molecule has 1 unspecified atom stereocenters. The van der Waals surface area contributed by atoms with E-state index >= 15 is 0 Å². The molecule has 0 saturated carbocycles. The maximum Gasteiger partial charge on any atom is 0.168 e. The van der Waals surface area contributed by atoms with E-state index in [1.165, 1.54) is 0 Å². The number of ketones is 1. The number of hydrogen-bond donors (Lipinski definition) is 1. The van der Waals surface area contributed by atoms with E-state index in [0.717, 1.165) is 36.8 Å². The van der Waals surface area contributed by atoms with E-state index in [4.69, 9.17) is 9.47 Å². The fraction of sp³-hybridized carbons (Fsp3) is 0.533. The van der Waals surface area contributed by atoms with Crippen molar-refractivity contribution in [2.45, 2.75) is 19.3 Å². The highest BCUT2D eigenvalue weighted by Gasteiger charge is 2.25. The molecule has 0 aliphatic carbocycles. The zero-order valence-electron chi connectivity index (χ0n) is 11.3. The highest BCUT2D eigenvalue weighted by atomic mass is 79.9. The van der Waals surface area contributed by atoms with Crippen molar-refractivity contribution >= 4 is 21.7 Å². The quantitative estimate of drug-likeness (QED) is 0.841. The second-order valence-corrected chi connectivity index (χ2v) is 6.09. The first-order chi connectivity index (χ1) is 9.75. The van der Waals surface area contributed by atoms with Gasteiger partial charge in [0.2, 0.25) is 0 Å². The largest absolute Gasteiger partial charge is 0.490 e. The molecule has 1 fully saturated rings. The van der Waals surface area contributed by atoms with Gasteiger partial charge in [-0.3, -0.25) is 4.79 Å². The molecule has 0 amide bonds. The summed E-state index contributed by atoms with van der Waals surface area (Å²) in [4.78, 5) is 12.6. The number of halogens is 1. The standard InChI is InChI=1S/C15H18BrNO3/c16-12-8-14-13(19-5-2-6-20-14)7-11(12)15(18)10-3-1-4-17-9-10/h7-8,10,17H,1-6,9H2. The Morgan fingerprint density at radius 3 is 2.65 bits per heavy atom. The van der Waals surface area contributed by atoms with Crippen LogP contribution >= 0.6 is 15.9 Å². The van der Waals surface area contributed by atoms with E-state index in [1.54, 1.807) is 0 Å². The smallest absolute Gasteiger partial charge is 0.168 e. The number of piperidine rings is 1. The predicted molar refractivity (Wildman–Crippen MR) is 79.7 cm³/mol. The second-order valence-electron chi connectivity index (χ2n) is 5.24. The first kappa shape index (κ1) is 13.9. The number of rotatable bonds is 2. The lowest BCUT2D eigenvalue weighted by molar-refractivity contribution is 0.0898.